The first kappa shape index (κ1) is 17.1. The van der Waals surface area contributed by atoms with Gasteiger partial charge in [0.25, 0.3) is 5.56 Å². The molecule has 10 heteroatoms. The SMILES string of the molecule is O=C(CSc1nc2c(cnn2CCO)c(=O)[nH]1)Nc1ccc(F)cc1. The molecular formula is C15H14FN5O3S. The number of rotatable bonds is 6. The second-order valence-electron chi connectivity index (χ2n) is 5.04. The standard InChI is InChI=1S/C15H14FN5O3S/c16-9-1-3-10(4-2-9)18-12(23)8-25-15-19-13-11(14(24)20-15)7-17-21(13)5-6-22/h1-4,7,22H,5-6,8H2,(H,18,23)(H,19,20,24). The van der Waals surface area contributed by atoms with Crippen LogP contribution in [0.25, 0.3) is 11.0 Å². The third-order valence-electron chi connectivity index (χ3n) is 3.26. The number of hydrogen-bond acceptors (Lipinski definition) is 6. The van der Waals surface area contributed by atoms with Crippen molar-refractivity contribution in [3.63, 3.8) is 0 Å². The van der Waals surface area contributed by atoms with Gasteiger partial charge in [0.15, 0.2) is 10.8 Å². The van der Waals surface area contributed by atoms with E-state index < -0.39 is 0 Å². The van der Waals surface area contributed by atoms with E-state index >= 15 is 0 Å². The second-order valence-corrected chi connectivity index (χ2v) is 6.01. The number of hydrogen-bond donors (Lipinski definition) is 3. The molecule has 130 valence electrons. The normalized spacial score (nSPS) is 11.0. The zero-order valence-electron chi connectivity index (χ0n) is 12.9. The van der Waals surface area contributed by atoms with Crippen LogP contribution >= 0.6 is 11.8 Å². The molecule has 8 nitrogen and oxygen atoms in total. The average molecular weight is 363 g/mol. The molecule has 2 heterocycles. The molecule has 0 aliphatic rings. The maximum atomic E-state index is 12.8. The monoisotopic (exact) mass is 363 g/mol. The molecule has 0 saturated heterocycles. The fourth-order valence-electron chi connectivity index (χ4n) is 2.14. The molecule has 25 heavy (non-hydrogen) atoms. The minimum Gasteiger partial charge on any atom is -0.394 e. The van der Waals surface area contributed by atoms with Gasteiger partial charge in [0.1, 0.15) is 11.2 Å². The first-order valence-electron chi connectivity index (χ1n) is 7.32. The quantitative estimate of drug-likeness (QED) is 0.445. The van der Waals surface area contributed by atoms with Crippen LogP contribution in [0, 0.1) is 5.82 Å². The van der Waals surface area contributed by atoms with Crippen molar-refractivity contribution in [1.29, 1.82) is 0 Å². The molecule has 1 aromatic carbocycles. The number of aromatic amines is 1. The summed E-state index contributed by atoms with van der Waals surface area (Å²) in [6, 6.07) is 5.41. The van der Waals surface area contributed by atoms with Crippen molar-refractivity contribution in [2.24, 2.45) is 0 Å². The van der Waals surface area contributed by atoms with Crippen molar-refractivity contribution in [3.8, 4) is 0 Å². The van der Waals surface area contributed by atoms with Crippen LogP contribution in [0.15, 0.2) is 40.4 Å². The van der Waals surface area contributed by atoms with Crippen molar-refractivity contribution in [2.45, 2.75) is 11.7 Å². The molecule has 1 amide bonds. The average Bonchev–Trinajstić information content (AvgIpc) is 2.99. The number of halogens is 1. The molecule has 0 aliphatic carbocycles. The van der Waals surface area contributed by atoms with E-state index in [0.29, 0.717) is 16.7 Å². The van der Waals surface area contributed by atoms with Gasteiger partial charge in [0, 0.05) is 5.69 Å². The lowest BCUT2D eigenvalue weighted by Crippen LogP contribution is -2.16. The van der Waals surface area contributed by atoms with Gasteiger partial charge in [-0.15, -0.1) is 0 Å². The molecule has 3 N–H and O–H groups in total. The predicted octanol–water partition coefficient (Wildman–Crippen LogP) is 0.982. The fraction of sp³-hybridized carbons (Fsp3) is 0.200. The van der Waals surface area contributed by atoms with Crippen LogP contribution in [0.2, 0.25) is 0 Å². The summed E-state index contributed by atoms with van der Waals surface area (Å²) in [5.41, 5.74) is 0.458. The van der Waals surface area contributed by atoms with E-state index in [2.05, 4.69) is 20.4 Å². The van der Waals surface area contributed by atoms with Crippen LogP contribution in [0.1, 0.15) is 0 Å². The third kappa shape index (κ3) is 4.03. The van der Waals surface area contributed by atoms with E-state index in [4.69, 9.17) is 5.11 Å². The number of amides is 1. The molecule has 2 aromatic heterocycles. The van der Waals surface area contributed by atoms with Gasteiger partial charge >= 0.3 is 0 Å². The number of benzene rings is 1. The summed E-state index contributed by atoms with van der Waals surface area (Å²) in [6.07, 6.45) is 1.38. The first-order valence-corrected chi connectivity index (χ1v) is 8.30. The zero-order chi connectivity index (χ0) is 17.8. The molecule has 0 saturated carbocycles. The zero-order valence-corrected chi connectivity index (χ0v) is 13.7. The summed E-state index contributed by atoms with van der Waals surface area (Å²) in [6.45, 7) is 0.0862. The van der Waals surface area contributed by atoms with Crippen LogP contribution in [-0.4, -0.2) is 43.1 Å². The molecule has 0 aliphatic heterocycles. The van der Waals surface area contributed by atoms with Crippen LogP contribution < -0.4 is 10.9 Å². The Kier molecular flexibility index (Phi) is 5.10. The maximum absolute atomic E-state index is 12.8. The Morgan fingerprint density at radius 2 is 2.12 bits per heavy atom. The number of anilines is 1. The van der Waals surface area contributed by atoms with Crippen LogP contribution in [0.5, 0.6) is 0 Å². The molecule has 3 rings (SSSR count). The first-order chi connectivity index (χ1) is 12.1. The third-order valence-corrected chi connectivity index (χ3v) is 4.14. The largest absolute Gasteiger partial charge is 0.394 e. The molecule has 0 bridgehead atoms. The van der Waals surface area contributed by atoms with E-state index in [0.717, 1.165) is 11.8 Å². The minimum absolute atomic E-state index is 0.0138. The highest BCUT2D eigenvalue weighted by molar-refractivity contribution is 7.99. The van der Waals surface area contributed by atoms with Gasteiger partial charge in [0.2, 0.25) is 5.91 Å². The lowest BCUT2D eigenvalue weighted by molar-refractivity contribution is -0.113. The number of carbonyl (C=O) groups excluding carboxylic acids is 1. The van der Waals surface area contributed by atoms with E-state index in [9.17, 15) is 14.0 Å². The van der Waals surface area contributed by atoms with Gasteiger partial charge in [-0.1, -0.05) is 11.8 Å². The van der Waals surface area contributed by atoms with Crippen LogP contribution in [0.3, 0.4) is 0 Å². The Balaban J connectivity index is 1.70. The summed E-state index contributed by atoms with van der Waals surface area (Å²) < 4.78 is 14.3. The number of carbonyl (C=O) groups is 1. The second kappa shape index (κ2) is 7.45. The smallest absolute Gasteiger partial charge is 0.262 e. The van der Waals surface area contributed by atoms with E-state index in [-0.39, 0.29) is 41.3 Å². The number of nitrogens with zero attached hydrogens (tertiary/aromatic N) is 3. The summed E-state index contributed by atoms with van der Waals surface area (Å²) in [5.74, 6) is -0.690. The minimum atomic E-state index is -0.387. The van der Waals surface area contributed by atoms with Crippen molar-refractivity contribution in [2.75, 3.05) is 17.7 Å². The van der Waals surface area contributed by atoms with Gasteiger partial charge < -0.3 is 15.4 Å². The summed E-state index contributed by atoms with van der Waals surface area (Å²) in [4.78, 5) is 30.8. The Morgan fingerprint density at radius 1 is 1.36 bits per heavy atom. The predicted molar refractivity (Wildman–Crippen MR) is 91.0 cm³/mol. The van der Waals surface area contributed by atoms with Gasteiger partial charge in [-0.3, -0.25) is 9.59 Å². The molecule has 0 radical (unpaired) electrons. The highest BCUT2D eigenvalue weighted by atomic mass is 32.2. The molecular weight excluding hydrogens is 349 g/mol. The lowest BCUT2D eigenvalue weighted by Gasteiger charge is -2.05. The van der Waals surface area contributed by atoms with Crippen molar-refractivity contribution in [3.05, 3.63) is 46.6 Å². The fourth-order valence-corrected chi connectivity index (χ4v) is 2.79. The number of aliphatic hydroxyl groups is 1. The van der Waals surface area contributed by atoms with Crippen LogP contribution in [0.4, 0.5) is 10.1 Å². The van der Waals surface area contributed by atoms with Gasteiger partial charge in [0.05, 0.1) is 25.1 Å². The highest BCUT2D eigenvalue weighted by Gasteiger charge is 2.11. The molecule has 0 unspecified atom stereocenters. The Morgan fingerprint density at radius 3 is 2.84 bits per heavy atom. The number of nitrogens with one attached hydrogen (secondary N) is 2. The lowest BCUT2D eigenvalue weighted by atomic mass is 10.3. The molecule has 0 spiro atoms. The molecule has 0 fully saturated rings. The van der Waals surface area contributed by atoms with Crippen molar-refractivity contribution >= 4 is 34.4 Å². The molecule has 3 aromatic rings. The van der Waals surface area contributed by atoms with E-state index in [1.807, 2.05) is 0 Å². The van der Waals surface area contributed by atoms with Crippen molar-refractivity contribution in [1.82, 2.24) is 19.7 Å². The maximum Gasteiger partial charge on any atom is 0.262 e. The number of thioether (sulfide) groups is 1. The summed E-state index contributed by atoms with van der Waals surface area (Å²) in [7, 11) is 0. The number of aromatic nitrogens is 4. The topological polar surface area (TPSA) is 113 Å². The summed E-state index contributed by atoms with van der Waals surface area (Å²) >= 11 is 1.05. The number of aliphatic hydroxyl groups excluding tert-OH is 1. The Labute approximate surface area is 145 Å². The van der Waals surface area contributed by atoms with Crippen LogP contribution in [-0.2, 0) is 11.3 Å². The number of fused-ring (bicyclic) bond motifs is 1. The van der Waals surface area contributed by atoms with Gasteiger partial charge in [-0.2, -0.15) is 5.10 Å². The van der Waals surface area contributed by atoms with E-state index in [1.165, 1.54) is 35.1 Å². The summed E-state index contributed by atoms with van der Waals surface area (Å²) in [5, 5.41) is 16.2. The highest BCUT2D eigenvalue weighted by Crippen LogP contribution is 2.16. The van der Waals surface area contributed by atoms with Gasteiger partial charge in [-0.05, 0) is 24.3 Å². The van der Waals surface area contributed by atoms with Crippen molar-refractivity contribution < 1.29 is 14.3 Å². The number of H-pyrrole nitrogens is 1. The van der Waals surface area contributed by atoms with Gasteiger partial charge in [-0.25, -0.2) is 14.1 Å². The van der Waals surface area contributed by atoms with E-state index in [1.54, 1.807) is 0 Å². The molecule has 0 atom stereocenters. The Bertz CT molecular complexity index is 954. The Hall–Kier alpha value is -2.72.